The minimum Gasteiger partial charge on any atom is -0.289 e. The van der Waals surface area contributed by atoms with Gasteiger partial charge >= 0.3 is 0 Å². The Bertz CT molecular complexity index is 2560. The van der Waals surface area contributed by atoms with Gasteiger partial charge in [0.1, 0.15) is 65.2 Å². The Morgan fingerprint density at radius 2 is 0.615 bits per heavy atom. The van der Waals surface area contributed by atoms with E-state index in [-0.39, 0.29) is 11.5 Å². The lowest BCUT2D eigenvalue weighted by Gasteiger charge is -2.44. The average molecular weight is 984 g/mol. The molecule has 6 aromatic rings. The fourth-order valence-corrected chi connectivity index (χ4v) is 8.24. The maximum absolute atomic E-state index is 15.4. The molecule has 0 aliphatic carbocycles. The third kappa shape index (κ3) is 8.70. The zero-order valence-corrected chi connectivity index (χ0v) is 33.3. The van der Waals surface area contributed by atoms with E-state index in [1.807, 2.05) is 42.5 Å². The molecule has 0 atom stereocenters. The maximum atomic E-state index is 15.4. The normalized spacial score (nSPS) is 11.8. The van der Waals surface area contributed by atoms with Gasteiger partial charge in [-0.1, -0.05) is 42.1 Å². The molecule has 65 heavy (non-hydrogen) atoms. The van der Waals surface area contributed by atoms with Gasteiger partial charge in [-0.15, -0.1) is 26.1 Å². The highest BCUT2D eigenvalue weighted by Crippen LogP contribution is 2.31. The van der Waals surface area contributed by atoms with Gasteiger partial charge in [0, 0.05) is 15.4 Å². The first kappa shape index (κ1) is 50.2. The van der Waals surface area contributed by atoms with E-state index in [0.29, 0.717) is 5.56 Å². The first-order valence-corrected chi connectivity index (χ1v) is 20.5. The van der Waals surface area contributed by atoms with E-state index in [1.54, 1.807) is 36.4 Å². The highest BCUT2D eigenvalue weighted by molar-refractivity contribution is 8.02. The summed E-state index contributed by atoms with van der Waals surface area (Å²) in [4.78, 5) is 14.2. The van der Waals surface area contributed by atoms with E-state index in [1.165, 1.54) is 0 Å². The number of carbonyl (C=O) groups is 1. The molecule has 0 aliphatic heterocycles. The number of hydrogen-bond acceptors (Lipinski definition) is 3. The van der Waals surface area contributed by atoms with Crippen LogP contribution in [0.25, 0.3) is 0 Å². The second-order valence-corrected chi connectivity index (χ2v) is 18.1. The van der Waals surface area contributed by atoms with Gasteiger partial charge in [0.2, 0.25) is 5.78 Å². The number of rotatable bonds is 9. The topological polar surface area (TPSA) is 34.1 Å². The van der Waals surface area contributed by atoms with Gasteiger partial charge in [0.05, 0.1) is 9.93 Å². The Hall–Kier alpha value is -5.85. The molecule has 25 heteroatoms. The SMILES string of the molecule is C[S+](C)(=O)CC(=O)c1ccc(Sc2ccccc2)cc1.Fc1c(F)c(F)c([B-](c2c(F)c(F)c(F)c(F)c2F)(c2c(F)c(F)c(F)c(F)c2F)c2c(F)c(F)c(F)c(F)c2F)c(F)c1F. The van der Waals surface area contributed by atoms with Crippen molar-refractivity contribution in [2.45, 2.75) is 9.79 Å². The van der Waals surface area contributed by atoms with Gasteiger partial charge in [-0.3, -0.25) is 4.79 Å². The van der Waals surface area contributed by atoms with Gasteiger partial charge in [0.25, 0.3) is 0 Å². The minimum atomic E-state index is -7.22. The first-order chi connectivity index (χ1) is 30.1. The fraction of sp³-hybridized carbons (Fsp3) is 0.0750. The molecule has 0 aromatic heterocycles. The summed E-state index contributed by atoms with van der Waals surface area (Å²) in [5.41, 5.74) is -13.7. The molecule has 0 unspecified atom stereocenters. The highest BCUT2D eigenvalue weighted by atomic mass is 32.2. The molecule has 0 saturated heterocycles. The van der Waals surface area contributed by atoms with Crippen LogP contribution in [0.3, 0.4) is 0 Å². The van der Waals surface area contributed by atoms with Crippen LogP contribution in [0.1, 0.15) is 10.4 Å². The lowest BCUT2D eigenvalue weighted by molar-refractivity contribution is 0.102. The van der Waals surface area contributed by atoms with Crippen LogP contribution in [0.15, 0.2) is 64.4 Å². The predicted molar refractivity (Wildman–Crippen MR) is 195 cm³/mol. The summed E-state index contributed by atoms with van der Waals surface area (Å²) in [5.74, 6) is -71.4. The zero-order chi connectivity index (χ0) is 48.9. The lowest BCUT2D eigenvalue weighted by Crippen LogP contribution is -2.81. The minimum absolute atomic E-state index is 0.0590. The van der Waals surface area contributed by atoms with Crippen molar-refractivity contribution in [2.24, 2.45) is 0 Å². The van der Waals surface area contributed by atoms with E-state index in [4.69, 9.17) is 0 Å². The summed E-state index contributed by atoms with van der Waals surface area (Å²) in [6, 6.07) is 17.5. The summed E-state index contributed by atoms with van der Waals surface area (Å²) < 4.78 is 306. The van der Waals surface area contributed by atoms with Gasteiger partial charge < -0.3 is 0 Å². The second kappa shape index (κ2) is 18.6. The van der Waals surface area contributed by atoms with Crippen LogP contribution >= 0.6 is 11.8 Å². The standard InChI is InChI=1S/C24BF20.C16H17O2S2/c26-5-1(6(27)14(35)21(42)13(5)34)25(2-7(28)15(36)22(43)16(37)8(2)29,3-9(30)17(38)23(44)18(39)10(3)31)4-11(32)19(40)24(45)20(41)12(4)33;1-20(2,18)12-16(17)13-8-10-15(11-9-13)19-14-6-4-3-5-7-14/h;3-11H,12H2,1-2H3/q-1;+1. The van der Waals surface area contributed by atoms with E-state index >= 15 is 35.1 Å². The van der Waals surface area contributed by atoms with Crippen molar-refractivity contribution in [3.05, 3.63) is 177 Å². The van der Waals surface area contributed by atoms with E-state index < -0.39 is 154 Å². The number of carbonyl (C=O) groups excluding carboxylic acids is 1. The van der Waals surface area contributed by atoms with Gasteiger partial charge in [0.15, 0.2) is 75.6 Å². The monoisotopic (exact) mass is 984 g/mol. The number of benzene rings is 6. The van der Waals surface area contributed by atoms with E-state index in [0.717, 1.165) is 9.79 Å². The largest absolute Gasteiger partial charge is 0.289 e. The van der Waals surface area contributed by atoms with Gasteiger partial charge in [-0.25, -0.2) is 87.8 Å². The average Bonchev–Trinajstić information content (AvgIpc) is 3.26. The molecule has 2 nitrogen and oxygen atoms in total. The molecule has 0 fully saturated rings. The van der Waals surface area contributed by atoms with Gasteiger partial charge in [-0.05, 0) is 24.3 Å². The molecule has 0 bridgehead atoms. The second-order valence-electron chi connectivity index (χ2n) is 13.7. The van der Waals surface area contributed by atoms with Crippen molar-refractivity contribution < 1.29 is 96.8 Å². The van der Waals surface area contributed by atoms with Crippen molar-refractivity contribution in [3.63, 3.8) is 0 Å². The molecular weight excluding hydrogens is 967 g/mol. The zero-order valence-electron chi connectivity index (χ0n) is 31.7. The Morgan fingerprint density at radius 3 is 0.862 bits per heavy atom. The predicted octanol–water partition coefficient (Wildman–Crippen LogP) is 9.63. The summed E-state index contributed by atoms with van der Waals surface area (Å²) in [5, 5.41) is 0. The number of Topliss-reactive ketones (excluding diaryl/α,β-unsaturated/α-hetero) is 1. The van der Waals surface area contributed by atoms with Crippen LogP contribution < -0.4 is 21.9 Å². The van der Waals surface area contributed by atoms with Crippen molar-refractivity contribution in [1.82, 2.24) is 0 Å². The molecule has 6 rings (SSSR count). The summed E-state index contributed by atoms with van der Waals surface area (Å²) in [6.07, 6.45) is -3.99. The molecule has 0 heterocycles. The third-order valence-electron chi connectivity index (χ3n) is 9.34. The Labute approximate surface area is 356 Å². The Kier molecular flexibility index (Phi) is 14.3. The molecule has 0 N–H and O–H groups in total. The molecule has 0 spiro atoms. The number of ketones is 1. The molecular formula is C40H17BF20O2S2. The van der Waals surface area contributed by atoms with E-state index in [9.17, 15) is 61.7 Å². The number of halogens is 20. The van der Waals surface area contributed by atoms with Gasteiger partial charge in [-0.2, -0.15) is 0 Å². The smallest absolute Gasteiger partial charge is 0.211 e. The van der Waals surface area contributed by atoms with Crippen LogP contribution in [-0.2, 0) is 14.1 Å². The lowest BCUT2D eigenvalue weighted by atomic mass is 9.12. The third-order valence-corrected chi connectivity index (χ3v) is 11.3. The summed E-state index contributed by atoms with van der Waals surface area (Å²) in [6.45, 7) is 0. The Morgan fingerprint density at radius 1 is 0.385 bits per heavy atom. The molecule has 0 aliphatic rings. The van der Waals surface area contributed by atoms with E-state index in [2.05, 4.69) is 0 Å². The quantitative estimate of drug-likeness (QED) is 0.0362. The highest BCUT2D eigenvalue weighted by Gasteiger charge is 2.52. The molecule has 6 aromatic carbocycles. The summed E-state index contributed by atoms with van der Waals surface area (Å²) >= 11 is 1.65. The molecule has 0 amide bonds. The molecule has 0 radical (unpaired) electrons. The maximum Gasteiger partial charge on any atom is 0.211 e. The number of hydrogen-bond donors (Lipinski definition) is 0. The fourth-order valence-electron chi connectivity index (χ4n) is 6.61. The van der Waals surface area contributed by atoms with Crippen LogP contribution in [0.2, 0.25) is 0 Å². The van der Waals surface area contributed by atoms with Crippen LogP contribution in [0, 0.1) is 116 Å². The molecule has 344 valence electrons. The van der Waals surface area contributed by atoms with Crippen molar-refractivity contribution in [3.8, 4) is 0 Å². The van der Waals surface area contributed by atoms with Crippen LogP contribution in [0.5, 0.6) is 0 Å². The summed E-state index contributed by atoms with van der Waals surface area (Å²) in [7, 11) is -2.03. The van der Waals surface area contributed by atoms with Crippen LogP contribution in [0.4, 0.5) is 87.8 Å². The first-order valence-electron chi connectivity index (χ1n) is 17.2. The van der Waals surface area contributed by atoms with Crippen LogP contribution in [-0.4, -0.2) is 30.2 Å². The molecule has 0 saturated carbocycles. The van der Waals surface area contributed by atoms with Crippen molar-refractivity contribution >= 4 is 55.5 Å². The van der Waals surface area contributed by atoms with Crippen molar-refractivity contribution in [2.75, 3.05) is 18.3 Å². The van der Waals surface area contributed by atoms with Crippen molar-refractivity contribution in [1.29, 1.82) is 0 Å². The Balaban J connectivity index is 0.000000330.